The first-order valence-electron chi connectivity index (χ1n) is 22.4. The van der Waals surface area contributed by atoms with Crippen molar-refractivity contribution >= 4 is 17.1 Å². The lowest BCUT2D eigenvalue weighted by Gasteiger charge is -2.35. The van der Waals surface area contributed by atoms with Gasteiger partial charge in [-0.2, -0.15) is 0 Å². The van der Waals surface area contributed by atoms with Crippen molar-refractivity contribution < 1.29 is 0 Å². The van der Waals surface area contributed by atoms with Crippen LogP contribution in [-0.2, 0) is 21.7 Å². The molecule has 0 aliphatic heterocycles. The molecule has 0 N–H and O–H groups in total. The van der Waals surface area contributed by atoms with Gasteiger partial charge in [-0.1, -0.05) is 195 Å². The maximum Gasteiger partial charge on any atom is 0.0726 e. The SMILES string of the molecule is Cc1ccccc1-c1ccc(N(c2ccc3c(c2)C2(c4ccccc4-3)c3cc(C(C)(C)C)ccc3-c3ccc(C(C)(C)C)cc32)c2cccc3c2C(C)(C)c2ccccc2-3)cc1. The molecule has 0 saturated heterocycles. The highest BCUT2D eigenvalue weighted by Gasteiger charge is 2.52. The van der Waals surface area contributed by atoms with Gasteiger partial charge in [0, 0.05) is 16.8 Å². The quantitative estimate of drug-likeness (QED) is 0.171. The fourth-order valence-corrected chi connectivity index (χ4v) is 11.4. The molecule has 0 saturated carbocycles. The van der Waals surface area contributed by atoms with Gasteiger partial charge in [-0.25, -0.2) is 0 Å². The van der Waals surface area contributed by atoms with E-state index in [9.17, 15) is 0 Å². The number of anilines is 3. The molecule has 62 heavy (non-hydrogen) atoms. The molecule has 0 unspecified atom stereocenters. The first-order chi connectivity index (χ1) is 29.7. The third-order valence-electron chi connectivity index (χ3n) is 14.5. The van der Waals surface area contributed by atoms with Gasteiger partial charge in [0.25, 0.3) is 0 Å². The zero-order chi connectivity index (χ0) is 42.9. The van der Waals surface area contributed by atoms with Crippen LogP contribution in [0, 0.1) is 6.92 Å². The van der Waals surface area contributed by atoms with E-state index in [2.05, 4.69) is 237 Å². The van der Waals surface area contributed by atoms with Crippen molar-refractivity contribution in [3.8, 4) is 44.5 Å². The maximum atomic E-state index is 2.56. The van der Waals surface area contributed by atoms with E-state index in [1.807, 2.05) is 0 Å². The lowest BCUT2D eigenvalue weighted by molar-refractivity contribution is 0.586. The van der Waals surface area contributed by atoms with Gasteiger partial charge in [0.05, 0.1) is 11.1 Å². The van der Waals surface area contributed by atoms with Crippen LogP contribution >= 0.6 is 0 Å². The van der Waals surface area contributed by atoms with Gasteiger partial charge in [0.15, 0.2) is 0 Å². The predicted molar refractivity (Wildman–Crippen MR) is 263 cm³/mol. The molecule has 0 atom stereocenters. The van der Waals surface area contributed by atoms with Gasteiger partial charge in [-0.05, 0) is 143 Å². The maximum absolute atomic E-state index is 2.56. The molecule has 0 radical (unpaired) electrons. The third-order valence-corrected chi connectivity index (χ3v) is 14.5. The molecule has 3 aliphatic carbocycles. The standard InChI is InChI=1S/C61H55N/c1-38-17-10-11-18-44(38)39-25-29-42(30-26-39)62(56-24-16-21-50-46-20-12-14-22-51(46)60(8,9)57(50)56)43-31-34-49-45-19-13-15-23-52(45)61(55(49)37-43)53-35-40(58(2,3)4)27-32-47(53)48-33-28-41(36-54(48)61)59(5,6)7/h10-37H,1-9H3. The Balaban J connectivity index is 1.21. The number of nitrogens with zero attached hydrogens (tertiary/aromatic N) is 1. The van der Waals surface area contributed by atoms with Gasteiger partial charge in [-0.3, -0.25) is 0 Å². The van der Waals surface area contributed by atoms with E-state index in [0.29, 0.717) is 0 Å². The van der Waals surface area contributed by atoms with E-state index in [4.69, 9.17) is 0 Å². The average Bonchev–Trinajstić information content (AvgIpc) is 3.82. The van der Waals surface area contributed by atoms with Crippen LogP contribution in [-0.4, -0.2) is 0 Å². The molecule has 1 heteroatoms. The Morgan fingerprint density at radius 1 is 0.387 bits per heavy atom. The Kier molecular flexibility index (Phi) is 8.24. The summed E-state index contributed by atoms with van der Waals surface area (Å²) in [5, 5.41) is 0. The summed E-state index contributed by atoms with van der Waals surface area (Å²) in [6.45, 7) is 21.1. The molecule has 304 valence electrons. The number of aryl methyl sites for hydroxylation is 1. The van der Waals surface area contributed by atoms with Gasteiger partial charge in [0.1, 0.15) is 0 Å². The number of benzene rings is 8. The van der Waals surface area contributed by atoms with Crippen molar-refractivity contribution in [2.75, 3.05) is 4.90 Å². The Morgan fingerprint density at radius 3 is 1.45 bits per heavy atom. The van der Waals surface area contributed by atoms with Gasteiger partial charge < -0.3 is 4.90 Å². The second-order valence-corrected chi connectivity index (χ2v) is 20.6. The van der Waals surface area contributed by atoms with E-state index in [1.54, 1.807) is 0 Å². The zero-order valence-electron chi connectivity index (χ0n) is 37.6. The van der Waals surface area contributed by atoms with E-state index in [1.165, 1.54) is 100 Å². The van der Waals surface area contributed by atoms with E-state index in [-0.39, 0.29) is 16.2 Å². The third kappa shape index (κ3) is 5.40. The number of hydrogen-bond acceptors (Lipinski definition) is 1. The van der Waals surface area contributed by atoms with Crippen LogP contribution in [0.5, 0.6) is 0 Å². The summed E-state index contributed by atoms with van der Waals surface area (Å²) >= 11 is 0. The van der Waals surface area contributed by atoms with Gasteiger partial charge in [0.2, 0.25) is 0 Å². The molecule has 1 spiro atoms. The van der Waals surface area contributed by atoms with Crippen LogP contribution in [0.1, 0.15) is 105 Å². The van der Waals surface area contributed by atoms with Crippen molar-refractivity contribution in [2.24, 2.45) is 0 Å². The summed E-state index contributed by atoms with van der Waals surface area (Å²) in [5.74, 6) is 0. The molecule has 3 aliphatic rings. The monoisotopic (exact) mass is 801 g/mol. The Bertz CT molecular complexity index is 3060. The second kappa shape index (κ2) is 13.3. The largest absolute Gasteiger partial charge is 0.310 e. The highest BCUT2D eigenvalue weighted by atomic mass is 15.1. The fourth-order valence-electron chi connectivity index (χ4n) is 11.4. The molecule has 0 heterocycles. The second-order valence-electron chi connectivity index (χ2n) is 20.6. The van der Waals surface area contributed by atoms with Crippen molar-refractivity contribution in [3.63, 3.8) is 0 Å². The van der Waals surface area contributed by atoms with Gasteiger partial charge in [-0.15, -0.1) is 0 Å². The van der Waals surface area contributed by atoms with Crippen LogP contribution in [0.2, 0.25) is 0 Å². The minimum absolute atomic E-state index is 0.0102. The molecule has 0 aromatic heterocycles. The first kappa shape index (κ1) is 38.5. The van der Waals surface area contributed by atoms with E-state index < -0.39 is 5.41 Å². The summed E-state index contributed by atoms with van der Waals surface area (Å²) in [6.07, 6.45) is 0. The zero-order valence-corrected chi connectivity index (χ0v) is 37.6. The summed E-state index contributed by atoms with van der Waals surface area (Å²) in [4.78, 5) is 2.55. The van der Waals surface area contributed by atoms with Gasteiger partial charge >= 0.3 is 0 Å². The van der Waals surface area contributed by atoms with Crippen molar-refractivity contribution in [3.05, 3.63) is 220 Å². The smallest absolute Gasteiger partial charge is 0.0726 e. The minimum Gasteiger partial charge on any atom is -0.310 e. The topological polar surface area (TPSA) is 3.24 Å². The highest BCUT2D eigenvalue weighted by molar-refractivity contribution is 5.98. The normalized spacial score (nSPS) is 14.8. The van der Waals surface area contributed by atoms with Crippen molar-refractivity contribution in [1.29, 1.82) is 0 Å². The van der Waals surface area contributed by atoms with Crippen LogP contribution in [0.4, 0.5) is 17.1 Å². The van der Waals surface area contributed by atoms with Crippen molar-refractivity contribution in [2.45, 2.75) is 84.0 Å². The van der Waals surface area contributed by atoms with E-state index in [0.717, 1.165) is 11.4 Å². The molecule has 8 aromatic carbocycles. The van der Waals surface area contributed by atoms with Crippen LogP contribution in [0.25, 0.3) is 44.5 Å². The fraction of sp³-hybridized carbons (Fsp3) is 0.213. The molecule has 0 bridgehead atoms. The summed E-state index contributed by atoms with van der Waals surface area (Å²) in [7, 11) is 0. The number of fused-ring (bicyclic) bond motifs is 13. The summed E-state index contributed by atoms with van der Waals surface area (Å²) in [6, 6.07) is 65.2. The summed E-state index contributed by atoms with van der Waals surface area (Å²) < 4.78 is 0. The molecular formula is C61H55N. The molecule has 0 amide bonds. The number of rotatable bonds is 4. The van der Waals surface area contributed by atoms with Crippen LogP contribution < -0.4 is 4.90 Å². The number of hydrogen-bond donors (Lipinski definition) is 0. The average molecular weight is 802 g/mol. The molecule has 8 aromatic rings. The molecule has 0 fully saturated rings. The molecular weight excluding hydrogens is 747 g/mol. The lowest BCUT2D eigenvalue weighted by Crippen LogP contribution is -2.28. The Morgan fingerprint density at radius 2 is 0.855 bits per heavy atom. The predicted octanol–water partition coefficient (Wildman–Crippen LogP) is 16.4. The minimum atomic E-state index is -0.496. The lowest BCUT2D eigenvalue weighted by atomic mass is 9.68. The summed E-state index contributed by atoms with van der Waals surface area (Å²) in [5.41, 5.74) is 25.5. The molecule has 11 rings (SSSR count). The highest BCUT2D eigenvalue weighted by Crippen LogP contribution is 2.64. The Hall–Kier alpha value is -6.44. The first-order valence-corrected chi connectivity index (χ1v) is 22.4. The van der Waals surface area contributed by atoms with Crippen LogP contribution in [0.3, 0.4) is 0 Å². The van der Waals surface area contributed by atoms with Crippen molar-refractivity contribution in [1.82, 2.24) is 0 Å². The van der Waals surface area contributed by atoms with Crippen LogP contribution in [0.15, 0.2) is 170 Å². The van der Waals surface area contributed by atoms with E-state index >= 15 is 0 Å². The Labute approximate surface area is 368 Å². The molecule has 1 nitrogen and oxygen atoms in total.